The van der Waals surface area contributed by atoms with Crippen molar-refractivity contribution in [2.75, 3.05) is 5.32 Å². The van der Waals surface area contributed by atoms with E-state index in [1.54, 1.807) is 6.07 Å². The first-order valence-electron chi connectivity index (χ1n) is 8.65. The molecule has 0 radical (unpaired) electrons. The van der Waals surface area contributed by atoms with Gasteiger partial charge in [-0.3, -0.25) is 14.6 Å². The van der Waals surface area contributed by atoms with Crippen molar-refractivity contribution in [2.45, 2.75) is 6.18 Å². The number of halogens is 3. The average molecular weight is 411 g/mol. The van der Waals surface area contributed by atoms with Gasteiger partial charge in [0.2, 0.25) is 0 Å². The normalized spacial score (nSPS) is 11.4. The van der Waals surface area contributed by atoms with Gasteiger partial charge in [0.05, 0.1) is 22.8 Å². The molecular formula is C21H12F3N3O3. The number of fused-ring (bicyclic) bond motifs is 1. The van der Waals surface area contributed by atoms with Crippen LogP contribution in [-0.2, 0) is 6.18 Å². The number of nitrogens with one attached hydrogen (secondary N) is 1. The van der Waals surface area contributed by atoms with E-state index < -0.39 is 23.1 Å². The lowest BCUT2D eigenvalue weighted by molar-refractivity contribution is -0.137. The third-order valence-corrected chi connectivity index (χ3v) is 4.27. The predicted octanol–water partition coefficient (Wildman–Crippen LogP) is 4.52. The van der Waals surface area contributed by atoms with Gasteiger partial charge in [-0.25, -0.2) is 4.98 Å². The molecule has 0 spiro atoms. The molecule has 0 bridgehead atoms. The highest BCUT2D eigenvalue weighted by Crippen LogP contribution is 2.33. The van der Waals surface area contributed by atoms with Crippen LogP contribution in [0.1, 0.15) is 16.1 Å². The van der Waals surface area contributed by atoms with E-state index in [4.69, 9.17) is 4.42 Å². The van der Waals surface area contributed by atoms with Gasteiger partial charge in [-0.2, -0.15) is 13.2 Å². The average Bonchev–Trinajstić information content (AvgIpc) is 2.74. The fraction of sp³-hybridized carbons (Fsp3) is 0.0476. The van der Waals surface area contributed by atoms with Crippen molar-refractivity contribution in [2.24, 2.45) is 0 Å². The Balaban J connectivity index is 1.81. The van der Waals surface area contributed by atoms with Crippen LogP contribution in [0.4, 0.5) is 18.9 Å². The number of nitrogens with zero attached hydrogens (tertiary/aromatic N) is 2. The number of hydrogen-bond donors (Lipinski definition) is 1. The van der Waals surface area contributed by atoms with Crippen LogP contribution < -0.4 is 10.7 Å². The zero-order chi connectivity index (χ0) is 21.3. The first-order chi connectivity index (χ1) is 14.3. The van der Waals surface area contributed by atoms with Crippen molar-refractivity contribution in [3.8, 4) is 11.3 Å². The van der Waals surface area contributed by atoms with E-state index in [2.05, 4.69) is 15.3 Å². The van der Waals surface area contributed by atoms with Crippen LogP contribution in [0.2, 0.25) is 0 Å². The van der Waals surface area contributed by atoms with Crippen molar-refractivity contribution in [3.63, 3.8) is 0 Å². The van der Waals surface area contributed by atoms with Crippen LogP contribution in [0.5, 0.6) is 0 Å². The zero-order valence-corrected chi connectivity index (χ0v) is 15.1. The molecule has 0 aliphatic carbocycles. The summed E-state index contributed by atoms with van der Waals surface area (Å²) < 4.78 is 44.8. The minimum absolute atomic E-state index is 0.0367. The van der Waals surface area contributed by atoms with Crippen molar-refractivity contribution in [1.82, 2.24) is 9.97 Å². The third kappa shape index (κ3) is 3.77. The highest BCUT2D eigenvalue weighted by atomic mass is 19.4. The predicted molar refractivity (Wildman–Crippen MR) is 103 cm³/mol. The van der Waals surface area contributed by atoms with E-state index >= 15 is 0 Å². The van der Waals surface area contributed by atoms with Crippen LogP contribution in [0.15, 0.2) is 76.3 Å². The second-order valence-electron chi connectivity index (χ2n) is 6.28. The number of para-hydroxylation sites is 1. The van der Waals surface area contributed by atoms with Gasteiger partial charge in [0, 0.05) is 24.0 Å². The first kappa shape index (κ1) is 19.3. The molecule has 30 heavy (non-hydrogen) atoms. The molecule has 2 aromatic heterocycles. The maximum absolute atomic E-state index is 13.0. The van der Waals surface area contributed by atoms with Crippen LogP contribution >= 0.6 is 0 Å². The summed E-state index contributed by atoms with van der Waals surface area (Å²) in [6.07, 6.45) is -0.507. The first-order valence-corrected chi connectivity index (χ1v) is 8.65. The Bertz CT molecular complexity index is 1300. The lowest BCUT2D eigenvalue weighted by Crippen LogP contribution is -2.14. The summed E-state index contributed by atoms with van der Waals surface area (Å²) in [6.45, 7) is 0. The Labute approximate surface area is 167 Å². The molecule has 2 heterocycles. The molecule has 4 aromatic rings. The highest BCUT2D eigenvalue weighted by molar-refractivity contribution is 6.06. The quantitative estimate of drug-likeness (QED) is 0.536. The Hall–Kier alpha value is -4.01. The summed E-state index contributed by atoms with van der Waals surface area (Å²) in [5.41, 5.74) is -0.986. The molecule has 6 nitrogen and oxygen atoms in total. The third-order valence-electron chi connectivity index (χ3n) is 4.27. The molecule has 4 rings (SSSR count). The maximum Gasteiger partial charge on any atom is 0.416 e. The van der Waals surface area contributed by atoms with E-state index in [0.29, 0.717) is 0 Å². The Morgan fingerprint density at radius 2 is 1.83 bits per heavy atom. The van der Waals surface area contributed by atoms with Gasteiger partial charge in [-0.15, -0.1) is 0 Å². The smallest absolute Gasteiger partial charge is 0.416 e. The van der Waals surface area contributed by atoms with Gasteiger partial charge < -0.3 is 9.73 Å². The number of aromatic nitrogens is 2. The topological polar surface area (TPSA) is 85.1 Å². The van der Waals surface area contributed by atoms with Crippen LogP contribution in [0, 0.1) is 0 Å². The standard InChI is InChI=1S/C21H12F3N3O3/c22-21(23,24)13-4-1-3-12(9-13)18-10-17(28)14-5-2-6-15(19(14)30-18)27-20(29)16-11-25-7-8-26-16/h1-11H,(H,27,29). The fourth-order valence-corrected chi connectivity index (χ4v) is 2.87. The molecule has 9 heteroatoms. The molecule has 0 saturated carbocycles. The van der Waals surface area contributed by atoms with E-state index in [1.165, 1.54) is 42.9 Å². The molecule has 0 aliphatic heterocycles. The fourth-order valence-electron chi connectivity index (χ4n) is 2.87. The van der Waals surface area contributed by atoms with Gasteiger partial charge in [0.25, 0.3) is 5.91 Å². The van der Waals surface area contributed by atoms with Gasteiger partial charge in [0.1, 0.15) is 11.5 Å². The molecule has 2 aromatic carbocycles. The largest absolute Gasteiger partial charge is 0.454 e. The molecule has 0 aliphatic rings. The number of hydrogen-bond acceptors (Lipinski definition) is 5. The van der Waals surface area contributed by atoms with E-state index in [0.717, 1.165) is 18.2 Å². The summed E-state index contributed by atoms with van der Waals surface area (Å²) in [5, 5.41) is 2.76. The molecule has 0 unspecified atom stereocenters. The number of carbonyl (C=O) groups is 1. The maximum atomic E-state index is 13.0. The molecule has 1 N–H and O–H groups in total. The molecule has 0 fully saturated rings. The number of anilines is 1. The van der Waals surface area contributed by atoms with Gasteiger partial charge >= 0.3 is 6.18 Å². The number of carbonyl (C=O) groups excluding carboxylic acids is 1. The molecule has 0 saturated heterocycles. The molecule has 150 valence electrons. The van der Waals surface area contributed by atoms with Crippen LogP contribution in [0.3, 0.4) is 0 Å². The lowest BCUT2D eigenvalue weighted by atomic mass is 10.1. The molecule has 0 atom stereocenters. The lowest BCUT2D eigenvalue weighted by Gasteiger charge is -2.11. The SMILES string of the molecule is O=C(Nc1cccc2c(=O)cc(-c3cccc(C(F)(F)F)c3)oc12)c1cnccn1. The van der Waals surface area contributed by atoms with E-state index in [-0.39, 0.29) is 33.7 Å². The van der Waals surface area contributed by atoms with Crippen molar-refractivity contribution < 1.29 is 22.4 Å². The van der Waals surface area contributed by atoms with Crippen molar-refractivity contribution >= 4 is 22.6 Å². The van der Waals surface area contributed by atoms with Gasteiger partial charge in [0.15, 0.2) is 11.0 Å². The second kappa shape index (κ2) is 7.43. The molecular weight excluding hydrogens is 399 g/mol. The Morgan fingerprint density at radius 3 is 2.57 bits per heavy atom. The minimum atomic E-state index is -4.54. The summed E-state index contributed by atoms with van der Waals surface area (Å²) >= 11 is 0. The van der Waals surface area contributed by atoms with Gasteiger partial charge in [-0.05, 0) is 24.3 Å². The Morgan fingerprint density at radius 1 is 1.03 bits per heavy atom. The summed E-state index contributed by atoms with van der Waals surface area (Å²) in [4.78, 5) is 32.7. The monoisotopic (exact) mass is 411 g/mol. The number of amides is 1. The van der Waals surface area contributed by atoms with Crippen LogP contribution in [-0.4, -0.2) is 15.9 Å². The second-order valence-corrected chi connectivity index (χ2v) is 6.28. The van der Waals surface area contributed by atoms with E-state index in [9.17, 15) is 22.8 Å². The summed E-state index contributed by atoms with van der Waals surface area (Å²) in [5.74, 6) is -0.637. The number of benzene rings is 2. The molecule has 1 amide bonds. The summed E-state index contributed by atoms with van der Waals surface area (Å²) in [7, 11) is 0. The van der Waals surface area contributed by atoms with Crippen LogP contribution in [0.25, 0.3) is 22.3 Å². The minimum Gasteiger partial charge on any atom is -0.454 e. The van der Waals surface area contributed by atoms with Crippen molar-refractivity contribution in [1.29, 1.82) is 0 Å². The summed E-state index contributed by atoms with van der Waals surface area (Å²) in [6, 6.07) is 10.1. The highest BCUT2D eigenvalue weighted by Gasteiger charge is 2.30. The van der Waals surface area contributed by atoms with E-state index in [1.807, 2.05) is 0 Å². The zero-order valence-electron chi connectivity index (χ0n) is 15.1. The number of alkyl halides is 3. The Kier molecular flexibility index (Phi) is 4.78. The van der Waals surface area contributed by atoms with Crippen molar-refractivity contribution in [3.05, 3.63) is 88.6 Å². The number of rotatable bonds is 3. The van der Waals surface area contributed by atoms with Gasteiger partial charge in [-0.1, -0.05) is 18.2 Å².